The van der Waals surface area contributed by atoms with Gasteiger partial charge in [-0.2, -0.15) is 39.5 Å². The fraction of sp³-hybridized carbons (Fsp3) is 0.681. The number of halogens is 9. The first-order chi connectivity index (χ1) is 45.2. The number of amides is 2. The average molecular weight is 1380 g/mol. The Morgan fingerprint density at radius 1 is 0.464 bits per heavy atom. The molecular formula is C72H101F9N6O10. The average Bonchev–Trinajstić information content (AvgIpc) is 1.73. The molecule has 3 aromatic carbocycles. The van der Waals surface area contributed by atoms with Gasteiger partial charge in [-0.15, -0.1) is 0 Å². The van der Waals surface area contributed by atoms with E-state index >= 15 is 0 Å². The van der Waals surface area contributed by atoms with Gasteiger partial charge in [0, 0.05) is 107 Å². The molecule has 1 N–H and O–H groups in total. The van der Waals surface area contributed by atoms with Gasteiger partial charge >= 0.3 is 48.6 Å². The van der Waals surface area contributed by atoms with Gasteiger partial charge in [0.05, 0.1) is 54.8 Å². The summed E-state index contributed by atoms with van der Waals surface area (Å²) in [5.74, 6) is -0.451. The van der Waals surface area contributed by atoms with Crippen molar-refractivity contribution in [1.29, 1.82) is 0 Å². The number of carbonyl (C=O) groups excluding carboxylic acids is 5. The molecule has 0 unspecified atom stereocenters. The predicted molar refractivity (Wildman–Crippen MR) is 352 cm³/mol. The van der Waals surface area contributed by atoms with Crippen LogP contribution < -0.4 is 20.0 Å². The standard InChI is InChI=1S/C26H37F3N2O4.C25H35F3N2O4.C21H29F3N2O2/c1-7-17-15-31(23(33)35-24(2,3)4)16-20(17)19-9-8-18(26(27,28)29)14-21(19)30-12-10-25(5,11-13-30)22(32)34-6;1-6-16-14-30(23(32)34-24(2,3)4)15-20(16)19-8-7-18(25(26,27)28)13-21(19)29-11-9-17(10-12-29)22(31)33-5;1-4-14-12-25-13-17(14)16-6-5-15(21(22,23)24)11-18(16)26-9-7-20(2,8-10-26)19(27)28-3/h8-9,14,17,20H,7,10-13,15-16H2,1-6H3;7-8,13,16-17,20H,6,9-12,14-15H2,1-5H3;5-6,11,14,17,25H,4,7-10,12-13H2,1-3H3/t17-,20-;16-,20-;14-,17-/m000/s1. The fourth-order valence-electron chi connectivity index (χ4n) is 14.6. The van der Waals surface area contributed by atoms with Crippen LogP contribution in [0.25, 0.3) is 0 Å². The van der Waals surface area contributed by atoms with Gasteiger partial charge in [-0.1, -0.05) is 58.2 Å². The number of nitrogens with one attached hydrogen (secondary N) is 1. The predicted octanol–water partition coefficient (Wildman–Crippen LogP) is 15.5. The molecule has 16 nitrogen and oxygen atoms in total. The summed E-state index contributed by atoms with van der Waals surface area (Å²) in [7, 11) is 4.08. The van der Waals surface area contributed by atoms with Gasteiger partial charge < -0.3 is 53.5 Å². The van der Waals surface area contributed by atoms with E-state index in [1.165, 1.54) is 45.6 Å². The minimum absolute atomic E-state index is 0.100. The van der Waals surface area contributed by atoms with Crippen LogP contribution >= 0.6 is 0 Å². The molecule has 6 atom stereocenters. The first-order valence-electron chi connectivity index (χ1n) is 34.0. The Balaban J connectivity index is 0.000000206. The van der Waals surface area contributed by atoms with Crippen LogP contribution in [0.3, 0.4) is 0 Å². The normalized spacial score (nSPS) is 23.2. The lowest BCUT2D eigenvalue weighted by molar-refractivity contribution is -0.153. The van der Waals surface area contributed by atoms with Crippen LogP contribution in [0.2, 0.25) is 0 Å². The SMILES string of the molecule is CC[C@H]1CN(C(=O)OC(C)(C)C)C[C@@H]1c1ccc(C(F)(F)F)cc1N1CCC(C(=O)OC)CC1.CC[C@H]1CN(C(=O)OC(C)(C)C)C[C@@H]1c1ccc(C(F)(F)F)cc1N1CCC(C)(C(=O)OC)CC1.CC[C@H]1CNC[C@@H]1c1ccc(C(F)(F)F)cc1N1CCC(C)(C(=O)OC)CC1. The third-order valence-corrected chi connectivity index (χ3v) is 20.5. The molecule has 0 bridgehead atoms. The summed E-state index contributed by atoms with van der Waals surface area (Å²) in [5, 5.41) is 3.38. The molecule has 3 aromatic rings. The van der Waals surface area contributed by atoms with Gasteiger partial charge in [-0.3, -0.25) is 14.4 Å². The maximum atomic E-state index is 13.6. The molecule has 25 heteroatoms. The molecule has 97 heavy (non-hydrogen) atoms. The van der Waals surface area contributed by atoms with Crippen LogP contribution in [0.1, 0.15) is 185 Å². The number of likely N-dealkylation sites (tertiary alicyclic amines) is 2. The van der Waals surface area contributed by atoms with Crippen molar-refractivity contribution in [2.24, 2.45) is 34.5 Å². The topological polar surface area (TPSA) is 160 Å². The number of alkyl halides is 9. The fourth-order valence-corrected chi connectivity index (χ4v) is 14.6. The molecule has 0 aliphatic carbocycles. The van der Waals surface area contributed by atoms with Crippen LogP contribution in [0.15, 0.2) is 54.6 Å². The van der Waals surface area contributed by atoms with Gasteiger partial charge in [-0.25, -0.2) is 9.59 Å². The number of benzene rings is 3. The quantitative estimate of drug-likeness (QED) is 0.104. The molecule has 6 aliphatic heterocycles. The van der Waals surface area contributed by atoms with Gasteiger partial charge in [0.1, 0.15) is 11.2 Å². The minimum Gasteiger partial charge on any atom is -0.469 e. The highest BCUT2D eigenvalue weighted by Crippen LogP contribution is 2.48. The largest absolute Gasteiger partial charge is 0.469 e. The van der Waals surface area contributed by atoms with E-state index in [1.54, 1.807) is 28.0 Å². The monoisotopic (exact) mass is 1380 g/mol. The van der Waals surface area contributed by atoms with Crippen molar-refractivity contribution in [2.45, 2.75) is 181 Å². The number of nitrogens with zero attached hydrogens (tertiary/aromatic N) is 5. The summed E-state index contributed by atoms with van der Waals surface area (Å²) in [5.41, 5.74) is -0.185. The number of ether oxygens (including phenoxy) is 5. The molecule has 0 radical (unpaired) electrons. The summed E-state index contributed by atoms with van der Waals surface area (Å²) in [6, 6.07) is 12.0. The van der Waals surface area contributed by atoms with Crippen molar-refractivity contribution in [2.75, 3.05) is 115 Å². The summed E-state index contributed by atoms with van der Waals surface area (Å²) in [6.45, 7) is 27.1. The van der Waals surface area contributed by atoms with Gasteiger partial charge in [0.25, 0.3) is 0 Å². The van der Waals surface area contributed by atoms with Gasteiger partial charge in [0.2, 0.25) is 0 Å². The summed E-state index contributed by atoms with van der Waals surface area (Å²) in [6.07, 6.45) is -8.40. The Kier molecular flexibility index (Phi) is 25.0. The number of hydrogen-bond acceptors (Lipinski definition) is 14. The third kappa shape index (κ3) is 19.2. The third-order valence-electron chi connectivity index (χ3n) is 20.5. The van der Waals surface area contributed by atoms with Crippen LogP contribution in [0, 0.1) is 34.5 Å². The second kappa shape index (κ2) is 31.3. The molecule has 0 saturated carbocycles. The number of piperidine rings is 3. The minimum atomic E-state index is -4.47. The molecule has 542 valence electrons. The zero-order valence-corrected chi connectivity index (χ0v) is 58.8. The van der Waals surface area contributed by atoms with E-state index in [9.17, 15) is 63.5 Å². The molecule has 6 saturated heterocycles. The maximum absolute atomic E-state index is 13.6. The highest BCUT2D eigenvalue weighted by molar-refractivity contribution is 5.78. The van der Waals surface area contributed by atoms with E-state index in [2.05, 4.69) is 12.2 Å². The van der Waals surface area contributed by atoms with E-state index in [4.69, 9.17) is 23.7 Å². The van der Waals surface area contributed by atoms with E-state index in [0.29, 0.717) is 127 Å². The van der Waals surface area contributed by atoms with Crippen molar-refractivity contribution in [3.05, 3.63) is 88.0 Å². The lowest BCUT2D eigenvalue weighted by Crippen LogP contribution is -2.43. The Morgan fingerprint density at radius 3 is 1.09 bits per heavy atom. The molecule has 0 aromatic heterocycles. The Bertz CT molecular complexity index is 3200. The van der Waals surface area contributed by atoms with Crippen molar-refractivity contribution >= 4 is 47.2 Å². The number of hydrogen-bond donors (Lipinski definition) is 1. The van der Waals surface area contributed by atoms with E-state index in [0.717, 1.165) is 61.2 Å². The molecule has 9 rings (SSSR count). The second-order valence-corrected chi connectivity index (χ2v) is 29.4. The molecular weight excluding hydrogens is 1280 g/mol. The Hall–Kier alpha value is -6.66. The highest BCUT2D eigenvalue weighted by Gasteiger charge is 2.46. The van der Waals surface area contributed by atoms with Crippen LogP contribution in [0.5, 0.6) is 0 Å². The van der Waals surface area contributed by atoms with Crippen LogP contribution in [-0.4, -0.2) is 151 Å². The lowest BCUT2D eigenvalue weighted by Gasteiger charge is -2.40. The zero-order valence-electron chi connectivity index (χ0n) is 58.8. The molecule has 6 aliphatic rings. The second-order valence-electron chi connectivity index (χ2n) is 29.4. The number of carbonyl (C=O) groups is 5. The molecule has 6 heterocycles. The summed E-state index contributed by atoms with van der Waals surface area (Å²) in [4.78, 5) is 70.9. The number of methoxy groups -OCH3 is 3. The first-order valence-corrected chi connectivity index (χ1v) is 34.0. The lowest BCUT2D eigenvalue weighted by atomic mass is 9.79. The number of anilines is 3. The van der Waals surface area contributed by atoms with Crippen molar-refractivity contribution in [3.63, 3.8) is 0 Å². The number of rotatable bonds is 12. The van der Waals surface area contributed by atoms with Crippen molar-refractivity contribution < 1.29 is 87.2 Å². The van der Waals surface area contributed by atoms with E-state index in [-0.39, 0.29) is 53.4 Å². The smallest absolute Gasteiger partial charge is 0.416 e. The molecule has 0 spiro atoms. The van der Waals surface area contributed by atoms with Crippen molar-refractivity contribution in [3.8, 4) is 0 Å². The number of esters is 3. The van der Waals surface area contributed by atoms with Crippen molar-refractivity contribution in [1.82, 2.24) is 15.1 Å². The molecule has 6 fully saturated rings. The van der Waals surface area contributed by atoms with E-state index in [1.807, 2.05) is 83.9 Å². The first kappa shape index (κ1) is 77.7. The summed E-state index contributed by atoms with van der Waals surface area (Å²) >= 11 is 0. The van der Waals surface area contributed by atoms with Crippen LogP contribution in [0.4, 0.5) is 66.2 Å². The zero-order chi connectivity index (χ0) is 72.0. The van der Waals surface area contributed by atoms with Gasteiger partial charge in [-0.05, 0) is 171 Å². The summed E-state index contributed by atoms with van der Waals surface area (Å²) < 4.78 is 148. The van der Waals surface area contributed by atoms with Gasteiger partial charge in [0.15, 0.2) is 0 Å². The Morgan fingerprint density at radius 2 is 0.794 bits per heavy atom. The van der Waals surface area contributed by atoms with Crippen LogP contribution in [-0.2, 0) is 56.6 Å². The highest BCUT2D eigenvalue weighted by atomic mass is 19.4. The molecule has 2 amide bonds. The Labute approximate surface area is 565 Å². The maximum Gasteiger partial charge on any atom is 0.416 e. The van der Waals surface area contributed by atoms with E-state index < -0.39 is 69.4 Å².